The number of carbonyl (C=O) groups is 2. The van der Waals surface area contributed by atoms with Crippen LogP contribution < -0.4 is 10.5 Å². The van der Waals surface area contributed by atoms with Crippen molar-refractivity contribution in [3.63, 3.8) is 0 Å². The van der Waals surface area contributed by atoms with Crippen LogP contribution in [0.15, 0.2) is 52.8 Å². The Morgan fingerprint density at radius 3 is 2.61 bits per heavy atom. The lowest BCUT2D eigenvalue weighted by Gasteiger charge is -2.25. The zero-order chi connectivity index (χ0) is 31.9. The fourth-order valence-electron chi connectivity index (χ4n) is 5.62. The lowest BCUT2D eigenvalue weighted by molar-refractivity contribution is -0.149. The Balaban J connectivity index is 1.42. The van der Waals surface area contributed by atoms with Crippen molar-refractivity contribution in [2.75, 3.05) is 32.0 Å². The Labute approximate surface area is 249 Å². The summed E-state index contributed by atoms with van der Waals surface area (Å²) in [6, 6.07) is 3.21. The number of ether oxygens (including phenoxy) is 1. The number of Topliss-reactive ketones (excluding diaryl/α,β-unsaturated/α-hetero) is 1. The highest BCUT2D eigenvalue weighted by molar-refractivity contribution is 6.38. The number of rotatable bonds is 7. The minimum Gasteiger partial charge on any atom is -0.451 e. The van der Waals surface area contributed by atoms with E-state index in [1.54, 1.807) is 0 Å². The number of nitrogens with zero attached hydrogens (tertiary/aromatic N) is 4. The highest BCUT2D eigenvalue weighted by Gasteiger charge is 2.41. The molecule has 3 aliphatic rings. The van der Waals surface area contributed by atoms with Crippen molar-refractivity contribution in [2.24, 2.45) is 16.3 Å². The van der Waals surface area contributed by atoms with Crippen LogP contribution >= 0.6 is 0 Å². The molecule has 3 atom stereocenters. The Bertz CT molecular complexity index is 1610. The van der Waals surface area contributed by atoms with Gasteiger partial charge in [0, 0.05) is 43.6 Å². The van der Waals surface area contributed by atoms with E-state index in [9.17, 15) is 32.3 Å². The maximum atomic E-state index is 15.5. The average Bonchev–Trinajstić information content (AvgIpc) is 3.40. The third-order valence-electron chi connectivity index (χ3n) is 8.19. The number of nitrogen functional groups attached to an aromatic ring is 1. The second-order valence-electron chi connectivity index (χ2n) is 11.6. The first kappa shape index (κ1) is 31.2. The molecule has 44 heavy (non-hydrogen) atoms. The van der Waals surface area contributed by atoms with Crippen molar-refractivity contribution in [3.05, 3.63) is 70.4 Å². The maximum Gasteiger partial charge on any atom is 0.290 e. The van der Waals surface area contributed by atoms with E-state index in [1.807, 2.05) is 0 Å². The number of carbonyl (C=O) groups excluding carboxylic acids is 2. The number of halogens is 5. The zero-order valence-electron chi connectivity index (χ0n) is 23.9. The van der Waals surface area contributed by atoms with E-state index in [0.717, 1.165) is 6.07 Å². The molecule has 1 aliphatic carbocycles. The number of ketones is 1. The van der Waals surface area contributed by atoms with Crippen LogP contribution in [0.2, 0.25) is 0 Å². The van der Waals surface area contributed by atoms with E-state index in [2.05, 4.69) is 15.0 Å². The van der Waals surface area contributed by atoms with Gasteiger partial charge in [-0.15, -0.1) is 0 Å². The van der Waals surface area contributed by atoms with Crippen LogP contribution in [-0.2, 0) is 9.59 Å². The molecule has 0 bridgehead atoms. The molecule has 0 radical (unpaired) electrons. The average molecular weight is 620 g/mol. The van der Waals surface area contributed by atoms with Crippen LogP contribution in [0.5, 0.6) is 5.75 Å². The first-order valence-corrected chi connectivity index (χ1v) is 14.0. The summed E-state index contributed by atoms with van der Waals surface area (Å²) in [5.41, 5.74) is 5.89. The molecule has 2 aromatic rings. The highest BCUT2D eigenvalue weighted by atomic mass is 19.2. The summed E-state index contributed by atoms with van der Waals surface area (Å²) in [5.74, 6) is -9.22. The molecule has 1 saturated heterocycles. The first-order chi connectivity index (χ1) is 20.8. The second-order valence-corrected chi connectivity index (χ2v) is 11.6. The Kier molecular flexibility index (Phi) is 8.56. The van der Waals surface area contributed by atoms with E-state index in [-0.39, 0.29) is 47.6 Å². The number of aromatic nitrogens is 2. The summed E-state index contributed by atoms with van der Waals surface area (Å²) in [5, 5.41) is 9.52. The van der Waals surface area contributed by atoms with Crippen molar-refractivity contribution >= 4 is 23.2 Å². The van der Waals surface area contributed by atoms with Gasteiger partial charge in [0.1, 0.15) is 29.5 Å². The summed E-state index contributed by atoms with van der Waals surface area (Å²) in [7, 11) is 0. The molecular formula is C30H30F5N5O4. The zero-order valence-corrected chi connectivity index (χ0v) is 23.9. The van der Waals surface area contributed by atoms with Crippen LogP contribution in [0, 0.1) is 17.2 Å². The number of amides is 1. The lowest BCUT2D eigenvalue weighted by Crippen LogP contribution is -2.43. The van der Waals surface area contributed by atoms with Gasteiger partial charge in [-0.25, -0.2) is 27.5 Å². The predicted octanol–water partition coefficient (Wildman–Crippen LogP) is 4.41. The standard InChI is InChI=1S/C30H30F5N5O4/c1-30(2,12-41)27(42)29(43)40-8-6-14(11-40)16-5-7-37-25(21-24(16)38-13-39-28(21)36)17-4-3-15(9-18(17)31)44-26-22(34)19(32)10-20(33)23(26)35/h3-4,9,13-14,16,19,41H,5-8,10-12H2,1-2H3,(H2,36,38,39)/t14?,16-,19?/m0/s1. The number of hydrogen-bond donors (Lipinski definition) is 2. The van der Waals surface area contributed by atoms with Gasteiger partial charge in [-0.05, 0) is 30.9 Å². The largest absolute Gasteiger partial charge is 0.451 e. The van der Waals surface area contributed by atoms with E-state index in [1.165, 1.54) is 37.2 Å². The Morgan fingerprint density at radius 2 is 1.91 bits per heavy atom. The number of likely N-dealkylation sites (tertiary alicyclic amines) is 1. The first-order valence-electron chi connectivity index (χ1n) is 14.0. The number of nitrogens with two attached hydrogens (primary N) is 1. The molecule has 3 heterocycles. The number of alkyl halides is 1. The summed E-state index contributed by atoms with van der Waals surface area (Å²) in [4.78, 5) is 40.1. The number of allylic oxidation sites excluding steroid dienone is 3. The van der Waals surface area contributed by atoms with Crippen molar-refractivity contribution in [2.45, 2.75) is 45.2 Å². The molecule has 0 spiro atoms. The molecule has 1 aromatic carbocycles. The highest BCUT2D eigenvalue weighted by Crippen LogP contribution is 2.40. The van der Waals surface area contributed by atoms with E-state index in [0.29, 0.717) is 25.1 Å². The number of benzene rings is 1. The second kappa shape index (κ2) is 12.1. The quantitative estimate of drug-likeness (QED) is 0.347. The Hall–Kier alpha value is -4.20. The van der Waals surface area contributed by atoms with Gasteiger partial charge >= 0.3 is 0 Å². The van der Waals surface area contributed by atoms with Crippen molar-refractivity contribution in [1.29, 1.82) is 0 Å². The van der Waals surface area contributed by atoms with Gasteiger partial charge in [0.15, 0.2) is 23.6 Å². The van der Waals surface area contributed by atoms with Crippen molar-refractivity contribution < 1.29 is 41.4 Å². The van der Waals surface area contributed by atoms with Gasteiger partial charge in [-0.2, -0.15) is 4.39 Å². The van der Waals surface area contributed by atoms with Crippen LogP contribution in [0.3, 0.4) is 0 Å². The molecular weight excluding hydrogens is 589 g/mol. The number of aliphatic hydroxyl groups is 1. The third-order valence-corrected chi connectivity index (χ3v) is 8.19. The molecule has 2 unspecified atom stereocenters. The number of aliphatic imine (C=N–C) groups is 1. The molecule has 9 nitrogen and oxygen atoms in total. The van der Waals surface area contributed by atoms with Gasteiger partial charge in [0.05, 0.1) is 29.0 Å². The summed E-state index contributed by atoms with van der Waals surface area (Å²) in [6.07, 6.45) is -1.24. The molecule has 1 aromatic heterocycles. The van der Waals surface area contributed by atoms with Gasteiger partial charge in [0.25, 0.3) is 5.91 Å². The fourth-order valence-corrected chi connectivity index (χ4v) is 5.62. The lowest BCUT2D eigenvalue weighted by atomic mass is 9.83. The van der Waals surface area contributed by atoms with Crippen LogP contribution in [-0.4, -0.2) is 69.8 Å². The minimum absolute atomic E-state index is 0.0253. The predicted molar refractivity (Wildman–Crippen MR) is 149 cm³/mol. The molecule has 1 amide bonds. The number of aliphatic hydroxyl groups excluding tert-OH is 1. The maximum absolute atomic E-state index is 15.5. The fraction of sp³-hybridized carbons (Fsp3) is 0.433. The number of anilines is 1. The molecule has 0 saturated carbocycles. The summed E-state index contributed by atoms with van der Waals surface area (Å²) < 4.78 is 76.3. The molecule has 234 valence electrons. The third kappa shape index (κ3) is 5.70. The molecule has 2 aliphatic heterocycles. The van der Waals surface area contributed by atoms with Gasteiger partial charge in [-0.1, -0.05) is 13.8 Å². The number of hydrogen-bond acceptors (Lipinski definition) is 8. The van der Waals surface area contributed by atoms with Crippen LogP contribution in [0.1, 0.15) is 55.8 Å². The van der Waals surface area contributed by atoms with Crippen molar-refractivity contribution in [1.82, 2.24) is 14.9 Å². The van der Waals surface area contributed by atoms with Crippen molar-refractivity contribution in [3.8, 4) is 5.75 Å². The van der Waals surface area contributed by atoms with E-state index >= 15 is 4.39 Å². The molecule has 1 fully saturated rings. The molecule has 5 rings (SSSR count). The topological polar surface area (TPSA) is 131 Å². The summed E-state index contributed by atoms with van der Waals surface area (Å²) in [6.45, 7) is 3.34. The van der Waals surface area contributed by atoms with Crippen LogP contribution in [0.25, 0.3) is 0 Å². The van der Waals surface area contributed by atoms with Gasteiger partial charge in [-0.3, -0.25) is 14.6 Å². The van der Waals surface area contributed by atoms with E-state index < -0.39 is 71.1 Å². The van der Waals surface area contributed by atoms with Crippen LogP contribution in [0.4, 0.5) is 27.8 Å². The van der Waals surface area contributed by atoms with Gasteiger partial charge in [0.2, 0.25) is 5.78 Å². The monoisotopic (exact) mass is 619 g/mol. The molecule has 3 N–H and O–H groups in total. The minimum atomic E-state index is -2.43. The van der Waals surface area contributed by atoms with Gasteiger partial charge < -0.3 is 20.5 Å². The summed E-state index contributed by atoms with van der Waals surface area (Å²) >= 11 is 0. The smallest absolute Gasteiger partial charge is 0.290 e. The van der Waals surface area contributed by atoms with E-state index in [4.69, 9.17) is 10.5 Å². The normalized spacial score (nSPS) is 22.5. The molecule has 14 heteroatoms. The SMILES string of the molecule is CC(C)(CO)C(=O)C(=O)N1CCC([C@@H]2CCN=C(c3ccc(OC4=C(F)C(F)CC(F)=C4F)cc3F)c3c(N)ncnc32)C1. The number of fused-ring (bicyclic) bond motifs is 1. The Morgan fingerprint density at radius 1 is 1.16 bits per heavy atom.